The van der Waals surface area contributed by atoms with E-state index in [1.54, 1.807) is 9.80 Å². The Hall–Kier alpha value is -2.46. The van der Waals surface area contributed by atoms with Crippen molar-refractivity contribution in [1.29, 1.82) is 0 Å². The monoisotopic (exact) mass is 426 g/mol. The van der Waals surface area contributed by atoms with Crippen LogP contribution >= 0.6 is 0 Å². The summed E-state index contributed by atoms with van der Waals surface area (Å²) < 4.78 is 23.2. The van der Waals surface area contributed by atoms with E-state index in [4.69, 9.17) is 9.90 Å². The van der Waals surface area contributed by atoms with Crippen LogP contribution in [-0.4, -0.2) is 84.8 Å². The minimum atomic E-state index is -3.32. The smallest absolute Gasteiger partial charge is 0.290 e. The first kappa shape index (κ1) is 22.8. The summed E-state index contributed by atoms with van der Waals surface area (Å²) in [5.41, 5.74) is -0.453. The Bertz CT molecular complexity index is 852. The van der Waals surface area contributed by atoms with Crippen LogP contribution in [0.25, 0.3) is 0 Å². The molecule has 0 saturated carbocycles. The number of rotatable bonds is 4. The van der Waals surface area contributed by atoms with Gasteiger partial charge in [-0.15, -0.1) is 0 Å². The van der Waals surface area contributed by atoms with Crippen LogP contribution in [0.4, 0.5) is 0 Å². The standard InChI is InChI=1S/C18H24N2O5S.CH2O2/c1-26(24,25)15-6-4-14(5-7-15)16(22)20-11-3-9-18(20)8-2-10-19(12-13-21)17(18)23;2-1-3/h4-7,21H,2-3,8-13H2,1H3;1H,(H,2,3). The second-order valence-corrected chi connectivity index (χ2v) is 9.13. The summed E-state index contributed by atoms with van der Waals surface area (Å²) in [5.74, 6) is -0.335. The van der Waals surface area contributed by atoms with Crippen LogP contribution in [0.1, 0.15) is 36.0 Å². The summed E-state index contributed by atoms with van der Waals surface area (Å²) in [4.78, 5) is 37.9. The summed E-state index contributed by atoms with van der Waals surface area (Å²) in [6.07, 6.45) is 3.92. The van der Waals surface area contributed by atoms with Crippen molar-refractivity contribution in [3.05, 3.63) is 29.8 Å². The number of nitrogens with zero attached hydrogens (tertiary/aromatic N) is 2. The van der Waals surface area contributed by atoms with Gasteiger partial charge in [-0.1, -0.05) is 0 Å². The van der Waals surface area contributed by atoms with Crippen LogP contribution < -0.4 is 0 Å². The number of amides is 2. The summed E-state index contributed by atoms with van der Waals surface area (Å²) in [5, 5.41) is 16.1. The lowest BCUT2D eigenvalue weighted by Gasteiger charge is -2.44. The number of carbonyl (C=O) groups is 3. The van der Waals surface area contributed by atoms with Crippen molar-refractivity contribution in [3.63, 3.8) is 0 Å². The van der Waals surface area contributed by atoms with Crippen LogP contribution in [0.3, 0.4) is 0 Å². The molecular weight excluding hydrogens is 400 g/mol. The first-order chi connectivity index (χ1) is 13.7. The van der Waals surface area contributed by atoms with E-state index in [1.165, 1.54) is 24.3 Å². The minimum Gasteiger partial charge on any atom is -0.483 e. The number of sulfone groups is 1. The predicted octanol–water partition coefficient (Wildman–Crippen LogP) is 0.380. The van der Waals surface area contributed by atoms with Gasteiger partial charge in [0.15, 0.2) is 9.84 Å². The van der Waals surface area contributed by atoms with Gasteiger partial charge in [-0.3, -0.25) is 14.4 Å². The molecule has 10 heteroatoms. The Morgan fingerprint density at radius 3 is 2.24 bits per heavy atom. The molecule has 1 aromatic carbocycles. The molecule has 0 bridgehead atoms. The lowest BCUT2D eigenvalue weighted by Crippen LogP contribution is -2.61. The summed E-state index contributed by atoms with van der Waals surface area (Å²) in [7, 11) is -3.32. The molecule has 2 fully saturated rings. The van der Waals surface area contributed by atoms with Gasteiger partial charge in [0.05, 0.1) is 11.5 Å². The van der Waals surface area contributed by atoms with Gasteiger partial charge in [0.1, 0.15) is 5.54 Å². The molecule has 1 spiro atoms. The number of benzene rings is 1. The number of hydrogen-bond acceptors (Lipinski definition) is 6. The van der Waals surface area contributed by atoms with E-state index in [2.05, 4.69) is 0 Å². The molecule has 2 saturated heterocycles. The molecule has 9 nitrogen and oxygen atoms in total. The molecule has 2 amide bonds. The molecule has 0 aliphatic carbocycles. The Labute approximate surface area is 169 Å². The van der Waals surface area contributed by atoms with Crippen molar-refractivity contribution in [2.75, 3.05) is 32.5 Å². The van der Waals surface area contributed by atoms with Crippen LogP contribution in [0.2, 0.25) is 0 Å². The first-order valence-electron chi connectivity index (χ1n) is 9.31. The van der Waals surface area contributed by atoms with Gasteiger partial charge < -0.3 is 20.0 Å². The first-order valence-corrected chi connectivity index (χ1v) is 11.2. The van der Waals surface area contributed by atoms with E-state index in [9.17, 15) is 23.1 Å². The fraction of sp³-hybridized carbons (Fsp3) is 0.526. The Balaban J connectivity index is 0.000000941. The van der Waals surface area contributed by atoms with Crippen molar-refractivity contribution in [2.24, 2.45) is 0 Å². The van der Waals surface area contributed by atoms with Crippen LogP contribution in [0.15, 0.2) is 29.2 Å². The van der Waals surface area contributed by atoms with Crippen molar-refractivity contribution >= 4 is 28.1 Å². The van der Waals surface area contributed by atoms with Crippen LogP contribution in [0.5, 0.6) is 0 Å². The molecule has 2 aliphatic rings. The van der Waals surface area contributed by atoms with Gasteiger partial charge in [-0.2, -0.15) is 0 Å². The normalized spacial score (nSPS) is 21.7. The SMILES string of the molecule is CS(=O)(=O)c1ccc(C(=O)N2CCCC23CCCN(CCO)C3=O)cc1.O=CO. The highest BCUT2D eigenvalue weighted by atomic mass is 32.2. The summed E-state index contributed by atoms with van der Waals surface area (Å²) in [6.45, 7) is 1.05. The molecule has 160 valence electrons. The maximum Gasteiger partial charge on any atom is 0.290 e. The van der Waals surface area contributed by atoms with Crippen LogP contribution in [0, 0.1) is 0 Å². The van der Waals surface area contributed by atoms with E-state index < -0.39 is 15.4 Å². The lowest BCUT2D eigenvalue weighted by atomic mass is 9.85. The van der Waals surface area contributed by atoms with Crippen molar-refractivity contribution in [2.45, 2.75) is 36.1 Å². The highest BCUT2D eigenvalue weighted by Crippen LogP contribution is 2.39. The Morgan fingerprint density at radius 2 is 1.72 bits per heavy atom. The molecule has 2 N–H and O–H groups in total. The second-order valence-electron chi connectivity index (χ2n) is 7.11. The topological polar surface area (TPSA) is 132 Å². The number of likely N-dealkylation sites (tertiary alicyclic amines) is 2. The molecule has 29 heavy (non-hydrogen) atoms. The van der Waals surface area contributed by atoms with Crippen LogP contribution in [-0.2, 0) is 19.4 Å². The molecule has 2 aliphatic heterocycles. The zero-order valence-electron chi connectivity index (χ0n) is 16.3. The minimum absolute atomic E-state index is 0.0867. The van der Waals surface area contributed by atoms with Gasteiger partial charge >= 0.3 is 0 Å². The number of aliphatic hydroxyl groups is 1. The fourth-order valence-corrected chi connectivity index (χ4v) is 4.69. The van der Waals surface area contributed by atoms with Gasteiger partial charge in [0.2, 0.25) is 5.91 Å². The molecule has 1 atom stereocenters. The van der Waals surface area contributed by atoms with Crippen molar-refractivity contribution < 1.29 is 33.0 Å². The number of aliphatic hydroxyl groups excluding tert-OH is 1. The van der Waals surface area contributed by atoms with E-state index in [0.717, 1.165) is 19.1 Å². The maximum absolute atomic E-state index is 13.0. The largest absolute Gasteiger partial charge is 0.483 e. The molecular formula is C19H26N2O7S. The molecule has 0 radical (unpaired) electrons. The number of carbonyl (C=O) groups excluding carboxylic acids is 2. The summed E-state index contributed by atoms with van der Waals surface area (Å²) >= 11 is 0. The number of hydrogen-bond donors (Lipinski definition) is 2. The predicted molar refractivity (Wildman–Crippen MR) is 104 cm³/mol. The third-order valence-electron chi connectivity index (χ3n) is 5.34. The van der Waals surface area contributed by atoms with Gasteiger partial charge in [-0.25, -0.2) is 8.42 Å². The molecule has 2 heterocycles. The van der Waals surface area contributed by atoms with E-state index >= 15 is 0 Å². The van der Waals surface area contributed by atoms with Crippen molar-refractivity contribution in [3.8, 4) is 0 Å². The lowest BCUT2D eigenvalue weighted by molar-refractivity contribution is -0.146. The number of β-amino-alcohol motifs (C(OH)–C–C–N with tert-alkyl or cyclic N) is 1. The Morgan fingerprint density at radius 1 is 1.17 bits per heavy atom. The number of piperidine rings is 1. The van der Waals surface area contributed by atoms with Gasteiger partial charge in [0.25, 0.3) is 12.4 Å². The quantitative estimate of drug-likeness (QED) is 0.665. The van der Waals surface area contributed by atoms with E-state index in [0.29, 0.717) is 31.5 Å². The molecule has 0 aromatic heterocycles. The maximum atomic E-state index is 13.0. The Kier molecular flexibility index (Phi) is 7.37. The van der Waals surface area contributed by atoms with E-state index in [1.807, 2.05) is 0 Å². The fourth-order valence-electron chi connectivity index (χ4n) is 4.06. The van der Waals surface area contributed by atoms with E-state index in [-0.39, 0.29) is 36.3 Å². The highest BCUT2D eigenvalue weighted by Gasteiger charge is 2.52. The second kappa shape index (κ2) is 9.36. The average Bonchev–Trinajstić information content (AvgIpc) is 3.09. The summed E-state index contributed by atoms with van der Waals surface area (Å²) in [6, 6.07) is 5.85. The molecule has 3 rings (SSSR count). The van der Waals surface area contributed by atoms with Gasteiger partial charge in [0, 0.05) is 31.5 Å². The molecule has 1 unspecified atom stereocenters. The third-order valence-corrected chi connectivity index (χ3v) is 6.47. The highest BCUT2D eigenvalue weighted by molar-refractivity contribution is 7.90. The zero-order valence-corrected chi connectivity index (χ0v) is 17.1. The average molecular weight is 426 g/mol. The molecule has 1 aromatic rings. The number of carboxylic acid groups (broad SMARTS) is 1. The van der Waals surface area contributed by atoms with Gasteiger partial charge in [-0.05, 0) is 49.9 Å². The third kappa shape index (κ3) is 4.76. The zero-order chi connectivity index (χ0) is 21.7. The van der Waals surface area contributed by atoms with Crippen molar-refractivity contribution in [1.82, 2.24) is 9.80 Å².